The van der Waals surface area contributed by atoms with E-state index >= 15 is 0 Å². The topological polar surface area (TPSA) is 15.3 Å². The molecule has 3 rings (SSSR count). The van der Waals surface area contributed by atoms with Crippen molar-refractivity contribution >= 4 is 0 Å². The van der Waals surface area contributed by atoms with Crippen molar-refractivity contribution in [2.24, 2.45) is 0 Å². The van der Waals surface area contributed by atoms with Crippen molar-refractivity contribution in [1.29, 1.82) is 0 Å². The Morgan fingerprint density at radius 1 is 1.25 bits per heavy atom. The zero-order valence-electron chi connectivity index (χ0n) is 9.38. The van der Waals surface area contributed by atoms with Crippen LogP contribution in [-0.4, -0.2) is 24.5 Å². The normalized spacial score (nSPS) is 25.7. The molecule has 2 aliphatic rings. The molecule has 1 fully saturated rings. The Bertz CT molecular complexity index is 386. The number of rotatable bonds is 1. The van der Waals surface area contributed by atoms with E-state index in [0.717, 1.165) is 37.3 Å². The van der Waals surface area contributed by atoms with Crippen molar-refractivity contribution in [2.75, 3.05) is 19.6 Å². The van der Waals surface area contributed by atoms with Gasteiger partial charge >= 0.3 is 0 Å². The van der Waals surface area contributed by atoms with Crippen LogP contribution in [0.1, 0.15) is 30.0 Å². The van der Waals surface area contributed by atoms with Crippen molar-refractivity contribution in [3.05, 3.63) is 35.1 Å². The number of nitrogens with zero attached hydrogens (tertiary/aromatic N) is 1. The van der Waals surface area contributed by atoms with Gasteiger partial charge < -0.3 is 5.32 Å². The molecular weight excluding hydrogens is 203 g/mol. The molecule has 1 atom stereocenters. The van der Waals surface area contributed by atoms with Gasteiger partial charge in [0.25, 0.3) is 0 Å². The zero-order valence-corrected chi connectivity index (χ0v) is 9.38. The summed E-state index contributed by atoms with van der Waals surface area (Å²) < 4.78 is 13.9. The maximum absolute atomic E-state index is 13.9. The molecule has 1 N–H and O–H groups in total. The van der Waals surface area contributed by atoms with E-state index in [4.69, 9.17) is 0 Å². The Balaban J connectivity index is 1.98. The predicted molar refractivity (Wildman–Crippen MR) is 61.7 cm³/mol. The second kappa shape index (κ2) is 4.15. The first-order chi connectivity index (χ1) is 7.86. The Labute approximate surface area is 95.4 Å². The SMILES string of the molecule is Fc1cccc2c1C(N1CCCC1)CNC2. The molecule has 0 spiro atoms. The third kappa shape index (κ3) is 1.64. The minimum absolute atomic E-state index is 0.0316. The van der Waals surface area contributed by atoms with Crippen LogP contribution in [0, 0.1) is 5.82 Å². The highest BCUT2D eigenvalue weighted by Gasteiger charge is 2.29. The number of halogens is 1. The number of nitrogens with one attached hydrogen (secondary N) is 1. The fraction of sp³-hybridized carbons (Fsp3) is 0.538. The number of likely N-dealkylation sites (tertiary alicyclic amines) is 1. The van der Waals surface area contributed by atoms with Crippen LogP contribution in [0.25, 0.3) is 0 Å². The Morgan fingerprint density at radius 3 is 2.88 bits per heavy atom. The highest BCUT2D eigenvalue weighted by atomic mass is 19.1. The average Bonchev–Trinajstić information content (AvgIpc) is 2.82. The molecule has 1 aromatic rings. The minimum atomic E-state index is -0.0316. The molecule has 1 unspecified atom stereocenters. The van der Waals surface area contributed by atoms with Crippen molar-refractivity contribution in [3.63, 3.8) is 0 Å². The number of hydrogen-bond acceptors (Lipinski definition) is 2. The average molecular weight is 220 g/mol. The molecule has 3 heteroatoms. The van der Waals surface area contributed by atoms with E-state index in [1.165, 1.54) is 12.8 Å². The van der Waals surface area contributed by atoms with E-state index in [-0.39, 0.29) is 11.9 Å². The summed E-state index contributed by atoms with van der Waals surface area (Å²) in [4.78, 5) is 2.41. The molecule has 2 aliphatic heterocycles. The number of benzene rings is 1. The first kappa shape index (κ1) is 10.2. The van der Waals surface area contributed by atoms with Gasteiger partial charge in [-0.15, -0.1) is 0 Å². The molecule has 0 saturated carbocycles. The van der Waals surface area contributed by atoms with Crippen LogP contribution in [0.5, 0.6) is 0 Å². The van der Waals surface area contributed by atoms with Crippen LogP contribution < -0.4 is 5.32 Å². The maximum Gasteiger partial charge on any atom is 0.128 e. The van der Waals surface area contributed by atoms with E-state index in [2.05, 4.69) is 10.2 Å². The highest BCUT2D eigenvalue weighted by Crippen LogP contribution is 2.31. The van der Waals surface area contributed by atoms with E-state index < -0.39 is 0 Å². The lowest BCUT2D eigenvalue weighted by Crippen LogP contribution is -2.38. The van der Waals surface area contributed by atoms with E-state index in [9.17, 15) is 4.39 Å². The quantitative estimate of drug-likeness (QED) is 0.779. The smallest absolute Gasteiger partial charge is 0.128 e. The fourth-order valence-corrected chi connectivity index (χ4v) is 2.92. The van der Waals surface area contributed by atoms with E-state index in [1.807, 2.05) is 12.1 Å². The third-order valence-corrected chi connectivity index (χ3v) is 3.71. The summed E-state index contributed by atoms with van der Waals surface area (Å²) in [6, 6.07) is 5.68. The van der Waals surface area contributed by atoms with Gasteiger partial charge in [-0.25, -0.2) is 4.39 Å². The molecular formula is C13H17FN2. The summed E-state index contributed by atoms with van der Waals surface area (Å²) in [6.45, 7) is 3.91. The molecule has 0 radical (unpaired) electrons. The van der Waals surface area contributed by atoms with Gasteiger partial charge in [-0.05, 0) is 37.6 Å². The molecule has 0 amide bonds. The van der Waals surface area contributed by atoms with Gasteiger partial charge in [0.05, 0.1) is 6.04 Å². The minimum Gasteiger partial charge on any atom is -0.311 e. The standard InChI is InChI=1S/C13H17FN2/c14-11-5-3-4-10-8-15-9-12(13(10)11)16-6-1-2-7-16/h3-5,12,15H,1-2,6-9H2. The molecule has 1 saturated heterocycles. The van der Waals surface area contributed by atoms with Crippen LogP contribution in [0.15, 0.2) is 18.2 Å². The van der Waals surface area contributed by atoms with Gasteiger partial charge in [0.1, 0.15) is 5.82 Å². The van der Waals surface area contributed by atoms with Gasteiger partial charge in [0.2, 0.25) is 0 Å². The first-order valence-corrected chi connectivity index (χ1v) is 6.08. The van der Waals surface area contributed by atoms with Gasteiger partial charge in [-0.2, -0.15) is 0 Å². The van der Waals surface area contributed by atoms with Gasteiger partial charge in [0, 0.05) is 18.7 Å². The van der Waals surface area contributed by atoms with Crippen LogP contribution in [0.2, 0.25) is 0 Å². The number of hydrogen-bond donors (Lipinski definition) is 1. The van der Waals surface area contributed by atoms with Crippen molar-refractivity contribution < 1.29 is 4.39 Å². The third-order valence-electron chi connectivity index (χ3n) is 3.71. The van der Waals surface area contributed by atoms with Gasteiger partial charge in [-0.3, -0.25) is 4.90 Å². The summed E-state index contributed by atoms with van der Waals surface area (Å²) in [6.07, 6.45) is 2.50. The van der Waals surface area contributed by atoms with Crippen LogP contribution >= 0.6 is 0 Å². The second-order valence-corrected chi connectivity index (χ2v) is 4.70. The van der Waals surface area contributed by atoms with E-state index in [0.29, 0.717) is 0 Å². The molecule has 0 aliphatic carbocycles. The molecule has 86 valence electrons. The maximum atomic E-state index is 13.9. The Hall–Kier alpha value is -0.930. The molecule has 1 aromatic carbocycles. The molecule has 0 aromatic heterocycles. The number of fused-ring (bicyclic) bond motifs is 1. The van der Waals surface area contributed by atoms with Gasteiger partial charge in [0.15, 0.2) is 0 Å². The predicted octanol–water partition coefficient (Wildman–Crippen LogP) is 2.07. The van der Waals surface area contributed by atoms with Crippen molar-refractivity contribution in [1.82, 2.24) is 10.2 Å². The lowest BCUT2D eigenvalue weighted by Gasteiger charge is -2.33. The van der Waals surface area contributed by atoms with Crippen LogP contribution in [-0.2, 0) is 6.54 Å². The Kier molecular flexibility index (Phi) is 2.65. The summed E-state index contributed by atoms with van der Waals surface area (Å²) in [5.41, 5.74) is 2.06. The summed E-state index contributed by atoms with van der Waals surface area (Å²) in [7, 11) is 0. The van der Waals surface area contributed by atoms with Crippen molar-refractivity contribution in [2.45, 2.75) is 25.4 Å². The van der Waals surface area contributed by atoms with Gasteiger partial charge in [-0.1, -0.05) is 12.1 Å². The Morgan fingerprint density at radius 2 is 2.06 bits per heavy atom. The lowest BCUT2D eigenvalue weighted by molar-refractivity contribution is 0.223. The summed E-state index contributed by atoms with van der Waals surface area (Å²) in [5.74, 6) is -0.0316. The molecule has 0 bridgehead atoms. The monoisotopic (exact) mass is 220 g/mol. The molecule has 2 nitrogen and oxygen atoms in total. The second-order valence-electron chi connectivity index (χ2n) is 4.70. The zero-order chi connectivity index (χ0) is 11.0. The first-order valence-electron chi connectivity index (χ1n) is 6.08. The summed E-state index contributed by atoms with van der Waals surface area (Å²) >= 11 is 0. The van der Waals surface area contributed by atoms with E-state index in [1.54, 1.807) is 6.07 Å². The molecule has 16 heavy (non-hydrogen) atoms. The van der Waals surface area contributed by atoms with Crippen LogP contribution in [0.3, 0.4) is 0 Å². The fourth-order valence-electron chi connectivity index (χ4n) is 2.92. The largest absolute Gasteiger partial charge is 0.311 e. The van der Waals surface area contributed by atoms with Crippen LogP contribution in [0.4, 0.5) is 4.39 Å². The molecule has 2 heterocycles. The highest BCUT2D eigenvalue weighted by molar-refractivity contribution is 5.33. The lowest BCUT2D eigenvalue weighted by atomic mass is 9.95. The summed E-state index contributed by atoms with van der Waals surface area (Å²) in [5, 5.41) is 3.39. The van der Waals surface area contributed by atoms with Crippen molar-refractivity contribution in [3.8, 4) is 0 Å².